The number of hydrogen-bond donors (Lipinski definition) is 1. The summed E-state index contributed by atoms with van der Waals surface area (Å²) >= 11 is 12.4. The van der Waals surface area contributed by atoms with Crippen LogP contribution in [-0.4, -0.2) is 19.6 Å². The first-order valence-electron chi connectivity index (χ1n) is 9.58. The Morgan fingerprint density at radius 1 is 1.18 bits per heavy atom. The summed E-state index contributed by atoms with van der Waals surface area (Å²) in [7, 11) is 0. The van der Waals surface area contributed by atoms with Crippen molar-refractivity contribution in [2.45, 2.75) is 45.3 Å². The second-order valence-electron chi connectivity index (χ2n) is 7.75. The van der Waals surface area contributed by atoms with Gasteiger partial charge in [-0.3, -0.25) is 0 Å². The van der Waals surface area contributed by atoms with Gasteiger partial charge >= 0.3 is 0 Å². The van der Waals surface area contributed by atoms with Crippen molar-refractivity contribution in [3.63, 3.8) is 0 Å². The van der Waals surface area contributed by atoms with Crippen molar-refractivity contribution in [3.05, 3.63) is 57.8 Å². The molecule has 0 amide bonds. The molecule has 1 aliphatic rings. The standard InChI is InChI=1S/C21H22Cl2FN3O/c1-12-6-8-13(9-7-12)11-27-17(19(28)14-4-2-3-5-15(14)24)10-16-18(27)20(22)26-21(23)25-16/h2-5,10,12-13,19,28H,6-9,11H2,1H3/t12-,13-,19?. The van der Waals surface area contributed by atoms with Crippen LogP contribution in [0.3, 0.4) is 0 Å². The first-order valence-corrected chi connectivity index (χ1v) is 10.3. The highest BCUT2D eigenvalue weighted by molar-refractivity contribution is 6.35. The van der Waals surface area contributed by atoms with Crippen molar-refractivity contribution in [3.8, 4) is 0 Å². The summed E-state index contributed by atoms with van der Waals surface area (Å²) in [5, 5.41) is 11.3. The molecule has 1 unspecified atom stereocenters. The molecule has 3 aromatic rings. The molecule has 4 rings (SSSR count). The second-order valence-corrected chi connectivity index (χ2v) is 8.44. The van der Waals surface area contributed by atoms with Gasteiger partial charge in [0.25, 0.3) is 0 Å². The van der Waals surface area contributed by atoms with Gasteiger partial charge in [-0.05, 0) is 48.4 Å². The normalized spacial score (nSPS) is 21.2. The number of fused-ring (bicyclic) bond motifs is 1. The smallest absolute Gasteiger partial charge is 0.224 e. The number of hydrogen-bond acceptors (Lipinski definition) is 3. The quantitative estimate of drug-likeness (QED) is 0.428. The summed E-state index contributed by atoms with van der Waals surface area (Å²) in [5.74, 6) is 0.755. The minimum absolute atomic E-state index is 0.0491. The molecule has 1 fully saturated rings. The molecule has 0 saturated heterocycles. The van der Waals surface area contributed by atoms with Crippen molar-refractivity contribution in [2.75, 3.05) is 0 Å². The summed E-state index contributed by atoms with van der Waals surface area (Å²) in [6.07, 6.45) is 3.47. The molecule has 0 radical (unpaired) electrons. The monoisotopic (exact) mass is 421 g/mol. The molecule has 1 saturated carbocycles. The van der Waals surface area contributed by atoms with Crippen LogP contribution in [0.1, 0.15) is 50.0 Å². The van der Waals surface area contributed by atoms with Crippen molar-refractivity contribution in [1.82, 2.24) is 14.5 Å². The highest BCUT2D eigenvalue weighted by Gasteiger charge is 2.26. The SMILES string of the molecule is C[C@H]1CC[C@H](Cn2c(C(O)c3ccccc3F)cc3nc(Cl)nc(Cl)c32)CC1. The Labute approximate surface area is 173 Å². The van der Waals surface area contributed by atoms with Crippen LogP contribution in [0.4, 0.5) is 4.39 Å². The second kappa shape index (κ2) is 7.97. The Bertz CT molecular complexity index is 999. The Hall–Kier alpha value is -1.69. The molecule has 4 nitrogen and oxygen atoms in total. The number of halogens is 3. The largest absolute Gasteiger partial charge is 0.382 e. The molecular formula is C21H22Cl2FN3O. The molecule has 1 atom stereocenters. The number of benzene rings is 1. The van der Waals surface area contributed by atoms with Gasteiger partial charge in [-0.1, -0.05) is 49.6 Å². The van der Waals surface area contributed by atoms with E-state index in [0.717, 1.165) is 18.8 Å². The van der Waals surface area contributed by atoms with Gasteiger partial charge in [0, 0.05) is 12.1 Å². The first kappa shape index (κ1) is 19.6. The molecule has 7 heteroatoms. The van der Waals surface area contributed by atoms with Gasteiger partial charge in [-0.15, -0.1) is 0 Å². The van der Waals surface area contributed by atoms with Crippen molar-refractivity contribution >= 4 is 34.2 Å². The van der Waals surface area contributed by atoms with Crippen LogP contribution in [-0.2, 0) is 6.54 Å². The lowest BCUT2D eigenvalue weighted by atomic mass is 9.83. The van der Waals surface area contributed by atoms with Crippen LogP contribution >= 0.6 is 23.2 Å². The predicted octanol–water partition coefficient (Wildman–Crippen LogP) is 5.79. The average Bonchev–Trinajstić information content (AvgIpc) is 3.02. The molecule has 0 spiro atoms. The molecule has 148 valence electrons. The lowest BCUT2D eigenvalue weighted by molar-refractivity contribution is 0.198. The number of rotatable bonds is 4. The van der Waals surface area contributed by atoms with Crippen molar-refractivity contribution in [2.24, 2.45) is 11.8 Å². The summed E-state index contributed by atoms with van der Waals surface area (Å²) in [5.41, 5.74) is 1.96. The van der Waals surface area contributed by atoms with Crippen LogP contribution in [0.5, 0.6) is 0 Å². The highest BCUT2D eigenvalue weighted by Crippen LogP contribution is 2.36. The number of nitrogens with zero attached hydrogens (tertiary/aromatic N) is 3. The fourth-order valence-electron chi connectivity index (χ4n) is 4.16. The number of aliphatic hydroxyl groups excluding tert-OH is 1. The molecule has 2 aromatic heterocycles. The average molecular weight is 422 g/mol. The third-order valence-corrected chi connectivity index (χ3v) is 6.20. The Kier molecular flexibility index (Phi) is 5.59. The molecule has 1 aliphatic carbocycles. The van der Waals surface area contributed by atoms with E-state index in [0.29, 0.717) is 29.2 Å². The Morgan fingerprint density at radius 3 is 2.61 bits per heavy atom. The van der Waals surface area contributed by atoms with Crippen molar-refractivity contribution < 1.29 is 9.50 Å². The van der Waals surface area contributed by atoms with Crippen LogP contribution in [0, 0.1) is 17.7 Å². The van der Waals surface area contributed by atoms with Crippen molar-refractivity contribution in [1.29, 1.82) is 0 Å². The fourth-order valence-corrected chi connectivity index (χ4v) is 4.66. The Balaban J connectivity index is 1.80. The van der Waals surface area contributed by atoms with Crippen LogP contribution in [0.15, 0.2) is 30.3 Å². The van der Waals surface area contributed by atoms with Crippen LogP contribution in [0.2, 0.25) is 10.4 Å². The Morgan fingerprint density at radius 2 is 1.89 bits per heavy atom. The van der Waals surface area contributed by atoms with Gasteiger partial charge in [-0.2, -0.15) is 0 Å². The summed E-state index contributed by atoms with van der Waals surface area (Å²) in [6.45, 7) is 2.96. The van der Waals surface area contributed by atoms with Gasteiger partial charge in [0.15, 0.2) is 5.15 Å². The zero-order chi connectivity index (χ0) is 19.8. The number of aromatic nitrogens is 3. The summed E-state index contributed by atoms with van der Waals surface area (Å²) in [4.78, 5) is 8.34. The van der Waals surface area contributed by atoms with E-state index in [1.807, 2.05) is 4.57 Å². The topological polar surface area (TPSA) is 50.9 Å². The van der Waals surface area contributed by atoms with Gasteiger partial charge in [0.2, 0.25) is 5.28 Å². The third kappa shape index (κ3) is 3.76. The van der Waals surface area contributed by atoms with E-state index in [1.54, 1.807) is 24.3 Å². The zero-order valence-electron chi connectivity index (χ0n) is 15.6. The van der Waals surface area contributed by atoms with E-state index >= 15 is 0 Å². The van der Waals surface area contributed by atoms with E-state index in [-0.39, 0.29) is 16.0 Å². The minimum Gasteiger partial charge on any atom is -0.382 e. The van der Waals surface area contributed by atoms with E-state index in [2.05, 4.69) is 16.9 Å². The molecule has 1 N–H and O–H groups in total. The molecule has 2 heterocycles. The third-order valence-electron chi connectivity index (χ3n) is 5.76. The predicted molar refractivity (Wildman–Crippen MR) is 109 cm³/mol. The van der Waals surface area contributed by atoms with Crippen LogP contribution in [0.25, 0.3) is 11.0 Å². The number of aliphatic hydroxyl groups is 1. The minimum atomic E-state index is -1.13. The zero-order valence-corrected chi connectivity index (χ0v) is 17.1. The van der Waals surface area contributed by atoms with Gasteiger partial charge < -0.3 is 9.67 Å². The first-order chi connectivity index (χ1) is 13.4. The van der Waals surface area contributed by atoms with E-state index < -0.39 is 11.9 Å². The lowest BCUT2D eigenvalue weighted by Gasteiger charge is -2.28. The lowest BCUT2D eigenvalue weighted by Crippen LogP contribution is -2.20. The molecule has 0 bridgehead atoms. The van der Waals surface area contributed by atoms with E-state index in [1.165, 1.54) is 18.9 Å². The molecule has 0 aliphatic heterocycles. The van der Waals surface area contributed by atoms with Gasteiger partial charge in [0.1, 0.15) is 17.4 Å². The van der Waals surface area contributed by atoms with Gasteiger partial charge in [-0.25, -0.2) is 14.4 Å². The van der Waals surface area contributed by atoms with Gasteiger partial charge in [0.05, 0.1) is 11.2 Å². The molecule has 28 heavy (non-hydrogen) atoms. The van der Waals surface area contributed by atoms with E-state index in [4.69, 9.17) is 23.2 Å². The summed E-state index contributed by atoms with van der Waals surface area (Å²) in [6, 6.07) is 7.98. The highest BCUT2D eigenvalue weighted by atomic mass is 35.5. The molecular weight excluding hydrogens is 400 g/mol. The maximum atomic E-state index is 14.3. The maximum Gasteiger partial charge on any atom is 0.224 e. The molecule has 1 aromatic carbocycles. The van der Waals surface area contributed by atoms with Crippen LogP contribution < -0.4 is 0 Å². The van der Waals surface area contributed by atoms with E-state index in [9.17, 15) is 9.50 Å². The maximum absolute atomic E-state index is 14.3. The summed E-state index contributed by atoms with van der Waals surface area (Å²) < 4.78 is 16.3. The fraction of sp³-hybridized carbons (Fsp3) is 0.429.